The summed E-state index contributed by atoms with van der Waals surface area (Å²) in [5.74, 6) is 1.91. The minimum atomic E-state index is -0.171. The highest BCUT2D eigenvalue weighted by Gasteiger charge is 2.21. The van der Waals surface area contributed by atoms with Gasteiger partial charge in [-0.05, 0) is 68.1 Å². The Morgan fingerprint density at radius 3 is 2.50 bits per heavy atom. The van der Waals surface area contributed by atoms with Crippen LogP contribution in [0.25, 0.3) is 11.3 Å². The zero-order chi connectivity index (χ0) is 18.6. The summed E-state index contributed by atoms with van der Waals surface area (Å²) in [5, 5.41) is 0.668. The molecule has 0 spiro atoms. The number of halogens is 3. The molecule has 0 amide bonds. The van der Waals surface area contributed by atoms with Crippen molar-refractivity contribution in [2.75, 3.05) is 13.1 Å². The van der Waals surface area contributed by atoms with Crippen molar-refractivity contribution >= 4 is 24.0 Å². The van der Waals surface area contributed by atoms with E-state index in [1.165, 1.54) is 5.56 Å². The fourth-order valence-electron chi connectivity index (χ4n) is 3.66. The molecule has 0 N–H and O–H groups in total. The Hall–Kier alpha value is -1.88. The molecule has 2 aromatic carbocycles. The normalized spacial score (nSPS) is 15.4. The molecule has 1 fully saturated rings. The smallest absolute Gasteiger partial charge is 0.209 e. The molecule has 1 aliphatic rings. The molecule has 0 atom stereocenters. The van der Waals surface area contributed by atoms with Crippen LogP contribution >= 0.6 is 24.0 Å². The van der Waals surface area contributed by atoms with E-state index in [-0.39, 0.29) is 18.2 Å². The van der Waals surface area contributed by atoms with E-state index in [4.69, 9.17) is 16.0 Å². The summed E-state index contributed by atoms with van der Waals surface area (Å²) in [5.41, 5.74) is 2.09. The van der Waals surface area contributed by atoms with E-state index in [0.29, 0.717) is 23.2 Å². The Bertz CT molecular complexity index is 890. The van der Waals surface area contributed by atoms with Crippen molar-refractivity contribution in [3.8, 4) is 11.3 Å². The van der Waals surface area contributed by atoms with Gasteiger partial charge in [0, 0.05) is 5.56 Å². The maximum Gasteiger partial charge on any atom is 0.209 e. The number of likely N-dealkylation sites (tertiary alicyclic amines) is 1. The van der Waals surface area contributed by atoms with Crippen LogP contribution in [0, 0.1) is 11.7 Å². The van der Waals surface area contributed by atoms with E-state index in [1.807, 2.05) is 36.4 Å². The van der Waals surface area contributed by atoms with Gasteiger partial charge in [0.1, 0.15) is 5.82 Å². The minimum absolute atomic E-state index is 0. The van der Waals surface area contributed by atoms with Gasteiger partial charge in [0.2, 0.25) is 5.89 Å². The largest absolute Gasteiger partial charge is 0.439 e. The lowest BCUT2D eigenvalue weighted by atomic mass is 9.90. The molecule has 28 heavy (non-hydrogen) atoms. The highest BCUT2D eigenvalue weighted by molar-refractivity contribution is 6.33. The van der Waals surface area contributed by atoms with Crippen molar-refractivity contribution in [1.82, 2.24) is 9.88 Å². The monoisotopic (exact) mass is 420 g/mol. The zero-order valence-corrected chi connectivity index (χ0v) is 17.1. The molecule has 0 saturated carbocycles. The van der Waals surface area contributed by atoms with Crippen LogP contribution in [0.4, 0.5) is 4.39 Å². The third-order valence-corrected chi connectivity index (χ3v) is 5.53. The van der Waals surface area contributed by atoms with Crippen molar-refractivity contribution in [3.63, 3.8) is 0 Å². The Labute approximate surface area is 175 Å². The molecule has 0 aliphatic carbocycles. The summed E-state index contributed by atoms with van der Waals surface area (Å²) in [7, 11) is 0. The topological polar surface area (TPSA) is 29.3 Å². The number of benzene rings is 2. The van der Waals surface area contributed by atoms with Crippen LogP contribution in [0.2, 0.25) is 5.02 Å². The number of nitrogens with zero attached hydrogens (tertiary/aromatic N) is 2. The molecule has 3 aromatic rings. The van der Waals surface area contributed by atoms with E-state index in [1.54, 1.807) is 18.3 Å². The van der Waals surface area contributed by atoms with Gasteiger partial charge < -0.3 is 4.42 Å². The van der Waals surface area contributed by atoms with Gasteiger partial charge in [-0.3, -0.25) is 4.90 Å². The van der Waals surface area contributed by atoms with Crippen LogP contribution in [-0.4, -0.2) is 23.0 Å². The van der Waals surface area contributed by atoms with Gasteiger partial charge in [-0.15, -0.1) is 12.4 Å². The molecule has 3 nitrogen and oxygen atoms in total. The average Bonchev–Trinajstić information content (AvgIpc) is 3.14. The molecule has 0 radical (unpaired) electrons. The van der Waals surface area contributed by atoms with Crippen molar-refractivity contribution in [1.29, 1.82) is 0 Å². The number of aromatic nitrogens is 1. The quantitative estimate of drug-likeness (QED) is 0.505. The fourth-order valence-corrected chi connectivity index (χ4v) is 3.89. The Kier molecular flexibility index (Phi) is 7.11. The first kappa shape index (κ1) is 20.8. The third-order valence-electron chi connectivity index (χ3n) is 5.20. The first-order valence-electron chi connectivity index (χ1n) is 9.34. The van der Waals surface area contributed by atoms with Crippen LogP contribution in [0.1, 0.15) is 24.3 Å². The SMILES string of the molecule is Cl.Fc1ccc(CC2CCN(Cc3ncc(-c4ccccc4Cl)o3)CC2)cc1. The second kappa shape index (κ2) is 9.55. The van der Waals surface area contributed by atoms with Crippen molar-refractivity contribution in [2.24, 2.45) is 5.92 Å². The van der Waals surface area contributed by atoms with Crippen molar-refractivity contribution < 1.29 is 8.81 Å². The Morgan fingerprint density at radius 2 is 1.79 bits per heavy atom. The van der Waals surface area contributed by atoms with E-state index in [9.17, 15) is 4.39 Å². The molecule has 1 aromatic heterocycles. The van der Waals surface area contributed by atoms with Crippen molar-refractivity contribution in [2.45, 2.75) is 25.8 Å². The van der Waals surface area contributed by atoms with Crippen molar-refractivity contribution in [3.05, 3.63) is 77.0 Å². The standard InChI is InChI=1S/C22H22ClFN2O.ClH/c23-20-4-2-1-3-19(20)21-14-25-22(27-21)15-26-11-9-17(10-12-26)13-16-5-7-18(24)8-6-16;/h1-8,14,17H,9-13,15H2;1H. The van der Waals surface area contributed by atoms with E-state index >= 15 is 0 Å². The maximum absolute atomic E-state index is 13.0. The molecule has 1 saturated heterocycles. The molecular formula is C22H23Cl2FN2O. The van der Waals surface area contributed by atoms with E-state index < -0.39 is 0 Å². The molecule has 4 rings (SSSR count). The van der Waals surface area contributed by atoms with Gasteiger partial charge in [-0.25, -0.2) is 9.37 Å². The van der Waals surface area contributed by atoms with Gasteiger partial charge in [-0.2, -0.15) is 0 Å². The molecular weight excluding hydrogens is 398 g/mol. The Morgan fingerprint density at radius 1 is 1.07 bits per heavy atom. The minimum Gasteiger partial charge on any atom is -0.439 e. The number of hydrogen-bond acceptors (Lipinski definition) is 3. The van der Waals surface area contributed by atoms with Crippen LogP contribution in [0.3, 0.4) is 0 Å². The maximum atomic E-state index is 13.0. The third kappa shape index (κ3) is 5.13. The fraction of sp³-hybridized carbons (Fsp3) is 0.318. The highest BCUT2D eigenvalue weighted by atomic mass is 35.5. The van der Waals surface area contributed by atoms with Crippen LogP contribution < -0.4 is 0 Å². The number of rotatable bonds is 5. The van der Waals surface area contributed by atoms with Gasteiger partial charge in [-0.1, -0.05) is 35.9 Å². The Balaban J connectivity index is 0.00000225. The van der Waals surface area contributed by atoms with Gasteiger partial charge in [0.15, 0.2) is 5.76 Å². The number of piperidine rings is 1. The van der Waals surface area contributed by atoms with Gasteiger partial charge >= 0.3 is 0 Å². The van der Waals surface area contributed by atoms with E-state index in [0.717, 1.165) is 43.8 Å². The lowest BCUT2D eigenvalue weighted by Crippen LogP contribution is -2.33. The molecule has 1 aliphatic heterocycles. The molecule has 0 unspecified atom stereocenters. The molecule has 148 valence electrons. The summed E-state index contributed by atoms with van der Waals surface area (Å²) in [6, 6.07) is 14.5. The molecule has 2 heterocycles. The second-order valence-electron chi connectivity index (χ2n) is 7.15. The van der Waals surface area contributed by atoms with Gasteiger partial charge in [0.25, 0.3) is 0 Å². The highest BCUT2D eigenvalue weighted by Crippen LogP contribution is 2.29. The summed E-state index contributed by atoms with van der Waals surface area (Å²) < 4.78 is 18.9. The lowest BCUT2D eigenvalue weighted by molar-refractivity contribution is 0.164. The summed E-state index contributed by atoms with van der Waals surface area (Å²) in [4.78, 5) is 6.80. The predicted molar refractivity (Wildman–Crippen MR) is 112 cm³/mol. The summed E-state index contributed by atoms with van der Waals surface area (Å²) in [6.07, 6.45) is 5.03. The first-order chi connectivity index (χ1) is 13.2. The lowest BCUT2D eigenvalue weighted by Gasteiger charge is -2.31. The summed E-state index contributed by atoms with van der Waals surface area (Å²) in [6.45, 7) is 2.76. The van der Waals surface area contributed by atoms with Crippen LogP contribution in [0.15, 0.2) is 59.1 Å². The molecule has 0 bridgehead atoms. The molecule has 6 heteroatoms. The van der Waals surface area contributed by atoms with Gasteiger partial charge in [0.05, 0.1) is 17.8 Å². The van der Waals surface area contributed by atoms with Crippen LogP contribution in [0.5, 0.6) is 0 Å². The zero-order valence-electron chi connectivity index (χ0n) is 15.5. The predicted octanol–water partition coefficient (Wildman–Crippen LogP) is 6.01. The van der Waals surface area contributed by atoms with E-state index in [2.05, 4.69) is 9.88 Å². The average molecular weight is 421 g/mol. The first-order valence-corrected chi connectivity index (χ1v) is 9.71. The number of oxazole rings is 1. The van der Waals surface area contributed by atoms with Crippen LogP contribution in [-0.2, 0) is 13.0 Å². The summed E-state index contributed by atoms with van der Waals surface area (Å²) >= 11 is 6.23. The number of hydrogen-bond donors (Lipinski definition) is 0. The second-order valence-corrected chi connectivity index (χ2v) is 7.56.